The lowest BCUT2D eigenvalue weighted by Gasteiger charge is -2.13. The van der Waals surface area contributed by atoms with Crippen molar-refractivity contribution in [3.63, 3.8) is 0 Å². The Morgan fingerprint density at radius 2 is 1.84 bits per heavy atom. The molecule has 0 radical (unpaired) electrons. The monoisotopic (exact) mass is 357 g/mol. The predicted molar refractivity (Wildman–Crippen MR) is 96.1 cm³/mol. The van der Waals surface area contributed by atoms with E-state index in [9.17, 15) is 4.79 Å². The van der Waals surface area contributed by atoms with Gasteiger partial charge in [0.15, 0.2) is 0 Å². The van der Waals surface area contributed by atoms with Crippen molar-refractivity contribution in [2.24, 2.45) is 0 Å². The summed E-state index contributed by atoms with van der Waals surface area (Å²) in [5.74, 6) is 0.633. The highest BCUT2D eigenvalue weighted by Gasteiger charge is 2.14. The number of anilines is 1. The third-order valence-electron chi connectivity index (χ3n) is 3.62. The van der Waals surface area contributed by atoms with Gasteiger partial charge in [0.2, 0.25) is 0 Å². The Labute approximate surface area is 149 Å². The van der Waals surface area contributed by atoms with Gasteiger partial charge in [-0.25, -0.2) is 4.68 Å². The molecule has 0 unspecified atom stereocenters. The Morgan fingerprint density at radius 1 is 1.12 bits per heavy atom. The summed E-state index contributed by atoms with van der Waals surface area (Å²) in [4.78, 5) is 12.5. The summed E-state index contributed by atoms with van der Waals surface area (Å²) < 4.78 is 12.2. The van der Waals surface area contributed by atoms with E-state index in [1.165, 1.54) is 14.2 Å². The van der Waals surface area contributed by atoms with Gasteiger partial charge in [-0.05, 0) is 30.3 Å². The van der Waals surface area contributed by atoms with E-state index in [0.717, 1.165) is 5.69 Å². The van der Waals surface area contributed by atoms with Gasteiger partial charge in [0.25, 0.3) is 5.91 Å². The largest absolute Gasteiger partial charge is 0.495 e. The van der Waals surface area contributed by atoms with Gasteiger partial charge in [-0.2, -0.15) is 5.10 Å². The van der Waals surface area contributed by atoms with Crippen LogP contribution in [0.1, 0.15) is 10.4 Å². The fraction of sp³-hybridized carbons (Fsp3) is 0.111. The fourth-order valence-electron chi connectivity index (χ4n) is 2.34. The minimum absolute atomic E-state index is 0.269. The molecule has 128 valence electrons. The second-order valence-electron chi connectivity index (χ2n) is 5.14. The Kier molecular flexibility index (Phi) is 4.90. The van der Waals surface area contributed by atoms with E-state index in [1.54, 1.807) is 35.1 Å². The number of carbonyl (C=O) groups is 1. The molecule has 0 spiro atoms. The van der Waals surface area contributed by atoms with Crippen LogP contribution in [0.4, 0.5) is 5.69 Å². The van der Waals surface area contributed by atoms with Crippen LogP contribution in [0.15, 0.2) is 54.9 Å². The highest BCUT2D eigenvalue weighted by Crippen LogP contribution is 2.36. The van der Waals surface area contributed by atoms with Gasteiger partial charge < -0.3 is 14.8 Å². The van der Waals surface area contributed by atoms with Crippen molar-refractivity contribution < 1.29 is 14.3 Å². The SMILES string of the molecule is COc1cc(NC(=O)c2ccc(-n3cccn3)cc2)c(OC)cc1Cl. The first kappa shape index (κ1) is 16.9. The van der Waals surface area contributed by atoms with Crippen molar-refractivity contribution in [1.82, 2.24) is 9.78 Å². The summed E-state index contributed by atoms with van der Waals surface area (Å²) in [5.41, 5.74) is 1.85. The first-order valence-electron chi connectivity index (χ1n) is 7.45. The highest BCUT2D eigenvalue weighted by molar-refractivity contribution is 6.32. The van der Waals surface area contributed by atoms with Crippen molar-refractivity contribution >= 4 is 23.2 Å². The van der Waals surface area contributed by atoms with Gasteiger partial charge in [-0.15, -0.1) is 0 Å². The van der Waals surface area contributed by atoms with Gasteiger partial charge in [0.05, 0.1) is 30.6 Å². The van der Waals surface area contributed by atoms with E-state index in [2.05, 4.69) is 10.4 Å². The van der Waals surface area contributed by atoms with Gasteiger partial charge >= 0.3 is 0 Å². The Balaban J connectivity index is 1.82. The summed E-state index contributed by atoms with van der Waals surface area (Å²) in [7, 11) is 3.01. The lowest BCUT2D eigenvalue weighted by Crippen LogP contribution is -2.13. The smallest absolute Gasteiger partial charge is 0.255 e. The highest BCUT2D eigenvalue weighted by atomic mass is 35.5. The zero-order valence-electron chi connectivity index (χ0n) is 13.7. The Bertz CT molecular complexity index is 877. The molecule has 3 aromatic rings. The summed E-state index contributed by atoms with van der Waals surface area (Å²) in [5, 5.41) is 7.36. The number of nitrogens with one attached hydrogen (secondary N) is 1. The number of rotatable bonds is 5. The van der Waals surface area contributed by atoms with E-state index in [-0.39, 0.29) is 5.91 Å². The van der Waals surface area contributed by atoms with Crippen molar-refractivity contribution in [1.29, 1.82) is 0 Å². The molecule has 6 nitrogen and oxygen atoms in total. The standard InChI is InChI=1S/C18H16ClN3O3/c1-24-16-11-15(17(25-2)10-14(16)19)21-18(23)12-4-6-13(7-5-12)22-9-3-8-20-22/h3-11H,1-2H3,(H,21,23). The summed E-state index contributed by atoms with van der Waals surface area (Å²) in [6.07, 6.45) is 3.53. The minimum atomic E-state index is -0.269. The second-order valence-corrected chi connectivity index (χ2v) is 5.55. The topological polar surface area (TPSA) is 65.4 Å². The normalized spacial score (nSPS) is 10.4. The maximum Gasteiger partial charge on any atom is 0.255 e. The van der Waals surface area contributed by atoms with Crippen LogP contribution in [0.5, 0.6) is 11.5 Å². The number of benzene rings is 2. The molecule has 1 heterocycles. The molecule has 3 rings (SSSR count). The number of ether oxygens (including phenoxy) is 2. The van der Waals surface area contributed by atoms with Crippen LogP contribution >= 0.6 is 11.6 Å². The molecular formula is C18H16ClN3O3. The van der Waals surface area contributed by atoms with Crippen molar-refractivity contribution in [2.45, 2.75) is 0 Å². The molecule has 0 atom stereocenters. The van der Waals surface area contributed by atoms with Crippen molar-refractivity contribution in [3.8, 4) is 17.2 Å². The maximum atomic E-state index is 12.5. The first-order chi connectivity index (χ1) is 12.1. The molecule has 0 bridgehead atoms. The minimum Gasteiger partial charge on any atom is -0.495 e. The molecule has 1 aromatic heterocycles. The maximum absolute atomic E-state index is 12.5. The average Bonchev–Trinajstić information content (AvgIpc) is 3.17. The number of hydrogen-bond donors (Lipinski definition) is 1. The van der Waals surface area contributed by atoms with E-state index in [0.29, 0.717) is 27.8 Å². The van der Waals surface area contributed by atoms with E-state index >= 15 is 0 Å². The van der Waals surface area contributed by atoms with Crippen molar-refractivity contribution in [3.05, 3.63) is 65.4 Å². The van der Waals surface area contributed by atoms with Crippen LogP contribution in [0, 0.1) is 0 Å². The average molecular weight is 358 g/mol. The molecule has 0 aliphatic carbocycles. The number of hydrogen-bond acceptors (Lipinski definition) is 4. The van der Waals surface area contributed by atoms with Gasteiger partial charge in [-0.3, -0.25) is 4.79 Å². The van der Waals surface area contributed by atoms with Crippen LogP contribution < -0.4 is 14.8 Å². The van der Waals surface area contributed by atoms with Crippen LogP contribution in [-0.4, -0.2) is 29.9 Å². The molecule has 25 heavy (non-hydrogen) atoms. The molecule has 0 saturated carbocycles. The summed E-state index contributed by atoms with van der Waals surface area (Å²) >= 11 is 6.07. The van der Waals surface area contributed by atoms with E-state index < -0.39 is 0 Å². The fourth-order valence-corrected chi connectivity index (χ4v) is 2.57. The lowest BCUT2D eigenvalue weighted by molar-refractivity contribution is 0.102. The molecular weight excluding hydrogens is 342 g/mol. The number of nitrogens with zero attached hydrogens (tertiary/aromatic N) is 2. The molecule has 0 saturated heterocycles. The van der Waals surface area contributed by atoms with Gasteiger partial charge in [-0.1, -0.05) is 11.6 Å². The third kappa shape index (κ3) is 3.59. The molecule has 2 aromatic carbocycles. The zero-order chi connectivity index (χ0) is 17.8. The quantitative estimate of drug-likeness (QED) is 0.754. The van der Waals surface area contributed by atoms with E-state index in [4.69, 9.17) is 21.1 Å². The summed E-state index contributed by atoms with van der Waals surface area (Å²) in [6, 6.07) is 12.1. The number of methoxy groups -OCH3 is 2. The second kappa shape index (κ2) is 7.27. The molecule has 1 N–H and O–H groups in total. The van der Waals surface area contributed by atoms with Gasteiger partial charge in [0, 0.05) is 30.1 Å². The first-order valence-corrected chi connectivity index (χ1v) is 7.83. The molecule has 1 amide bonds. The van der Waals surface area contributed by atoms with Crippen LogP contribution in [-0.2, 0) is 0 Å². The predicted octanol–water partition coefficient (Wildman–Crippen LogP) is 3.80. The summed E-state index contributed by atoms with van der Waals surface area (Å²) in [6.45, 7) is 0. The number of amides is 1. The zero-order valence-corrected chi connectivity index (χ0v) is 14.4. The molecule has 0 fully saturated rings. The third-order valence-corrected chi connectivity index (χ3v) is 3.92. The molecule has 0 aliphatic rings. The Morgan fingerprint density at radius 3 is 2.44 bits per heavy atom. The van der Waals surface area contributed by atoms with E-state index in [1.807, 2.05) is 24.4 Å². The number of aromatic nitrogens is 2. The van der Waals surface area contributed by atoms with Crippen LogP contribution in [0.3, 0.4) is 0 Å². The molecule has 0 aliphatic heterocycles. The lowest BCUT2D eigenvalue weighted by atomic mass is 10.2. The van der Waals surface area contributed by atoms with Crippen LogP contribution in [0.2, 0.25) is 5.02 Å². The molecule has 7 heteroatoms. The van der Waals surface area contributed by atoms with Crippen LogP contribution in [0.25, 0.3) is 5.69 Å². The number of carbonyl (C=O) groups excluding carboxylic acids is 1. The van der Waals surface area contributed by atoms with Crippen molar-refractivity contribution in [2.75, 3.05) is 19.5 Å². The van der Waals surface area contributed by atoms with Gasteiger partial charge in [0.1, 0.15) is 11.5 Å². The number of halogens is 1. The Hall–Kier alpha value is -2.99.